The third-order valence-electron chi connectivity index (χ3n) is 2.75. The number of nitrogens with zero attached hydrogens (tertiary/aromatic N) is 1. The van der Waals surface area contributed by atoms with Crippen LogP contribution in [0.2, 0.25) is 0 Å². The molecule has 19 heavy (non-hydrogen) atoms. The van der Waals surface area contributed by atoms with Gasteiger partial charge in [0, 0.05) is 24.4 Å². The summed E-state index contributed by atoms with van der Waals surface area (Å²) in [6.45, 7) is 2.52. The second-order valence-electron chi connectivity index (χ2n) is 4.51. The van der Waals surface area contributed by atoms with Crippen LogP contribution >= 0.6 is 0 Å². The number of nitro groups is 1. The second kappa shape index (κ2) is 6.63. The third-order valence-corrected chi connectivity index (χ3v) is 3.78. The SMILES string of the molecule is CC(NCCCS(C)(=O)=O)c1ccc([N+](=O)[O-])cc1. The van der Waals surface area contributed by atoms with E-state index in [1.165, 1.54) is 18.4 Å². The second-order valence-corrected chi connectivity index (χ2v) is 6.77. The largest absolute Gasteiger partial charge is 0.310 e. The van der Waals surface area contributed by atoms with E-state index in [9.17, 15) is 18.5 Å². The molecule has 0 amide bonds. The molecule has 6 nitrogen and oxygen atoms in total. The number of hydrogen-bond donors (Lipinski definition) is 1. The molecule has 0 aromatic heterocycles. The van der Waals surface area contributed by atoms with Crippen LogP contribution in [0.3, 0.4) is 0 Å². The fourth-order valence-corrected chi connectivity index (χ4v) is 2.32. The normalized spacial score (nSPS) is 13.2. The summed E-state index contributed by atoms with van der Waals surface area (Å²) >= 11 is 0. The monoisotopic (exact) mass is 286 g/mol. The zero-order chi connectivity index (χ0) is 14.5. The third kappa shape index (κ3) is 5.80. The Balaban J connectivity index is 2.45. The van der Waals surface area contributed by atoms with Gasteiger partial charge in [0.25, 0.3) is 5.69 Å². The molecule has 0 heterocycles. The van der Waals surface area contributed by atoms with Crippen molar-refractivity contribution in [2.75, 3.05) is 18.6 Å². The fourth-order valence-electron chi connectivity index (χ4n) is 1.66. The summed E-state index contributed by atoms with van der Waals surface area (Å²) in [7, 11) is -2.92. The lowest BCUT2D eigenvalue weighted by atomic mass is 10.1. The van der Waals surface area contributed by atoms with Gasteiger partial charge in [-0.1, -0.05) is 12.1 Å². The topological polar surface area (TPSA) is 89.3 Å². The first kappa shape index (κ1) is 15.6. The van der Waals surface area contributed by atoms with Gasteiger partial charge in [0.2, 0.25) is 0 Å². The van der Waals surface area contributed by atoms with E-state index >= 15 is 0 Å². The van der Waals surface area contributed by atoms with Crippen molar-refractivity contribution in [3.63, 3.8) is 0 Å². The molecule has 106 valence electrons. The first-order valence-electron chi connectivity index (χ1n) is 5.95. The van der Waals surface area contributed by atoms with E-state index in [0.717, 1.165) is 5.56 Å². The van der Waals surface area contributed by atoms with E-state index < -0.39 is 14.8 Å². The Hall–Kier alpha value is -1.47. The molecule has 0 radical (unpaired) electrons. The van der Waals surface area contributed by atoms with Crippen LogP contribution in [0, 0.1) is 10.1 Å². The maximum Gasteiger partial charge on any atom is 0.269 e. The molecule has 7 heteroatoms. The Morgan fingerprint density at radius 3 is 2.37 bits per heavy atom. The van der Waals surface area contributed by atoms with Crippen LogP contribution in [0.1, 0.15) is 24.9 Å². The molecular weight excluding hydrogens is 268 g/mol. The molecule has 1 N–H and O–H groups in total. The van der Waals surface area contributed by atoms with Crippen molar-refractivity contribution < 1.29 is 13.3 Å². The van der Waals surface area contributed by atoms with Crippen LogP contribution < -0.4 is 5.32 Å². The molecule has 0 aliphatic rings. The van der Waals surface area contributed by atoms with Gasteiger partial charge in [-0.05, 0) is 25.5 Å². The molecule has 0 aliphatic heterocycles. The van der Waals surface area contributed by atoms with Crippen molar-refractivity contribution in [1.29, 1.82) is 0 Å². The lowest BCUT2D eigenvalue weighted by Crippen LogP contribution is -2.21. The average Bonchev–Trinajstić information content (AvgIpc) is 2.33. The quantitative estimate of drug-likeness (QED) is 0.468. The molecule has 0 fully saturated rings. The summed E-state index contributed by atoms with van der Waals surface area (Å²) in [5.74, 6) is 0.160. The lowest BCUT2D eigenvalue weighted by Gasteiger charge is -2.13. The number of nitrogens with one attached hydrogen (secondary N) is 1. The summed E-state index contributed by atoms with van der Waals surface area (Å²) in [6.07, 6.45) is 1.77. The Kier molecular flexibility index (Phi) is 5.44. The molecule has 1 atom stereocenters. The lowest BCUT2D eigenvalue weighted by molar-refractivity contribution is -0.384. The van der Waals surface area contributed by atoms with Crippen molar-refractivity contribution in [3.05, 3.63) is 39.9 Å². The van der Waals surface area contributed by atoms with E-state index in [2.05, 4.69) is 5.32 Å². The van der Waals surface area contributed by atoms with Gasteiger partial charge in [-0.3, -0.25) is 10.1 Å². The van der Waals surface area contributed by atoms with Crippen LogP contribution in [-0.2, 0) is 9.84 Å². The zero-order valence-electron chi connectivity index (χ0n) is 11.0. The first-order chi connectivity index (χ1) is 8.79. The Morgan fingerprint density at radius 1 is 1.32 bits per heavy atom. The summed E-state index contributed by atoms with van der Waals surface area (Å²) in [6, 6.07) is 6.35. The van der Waals surface area contributed by atoms with Gasteiger partial charge in [-0.25, -0.2) is 8.42 Å². The molecule has 0 saturated heterocycles. The molecule has 1 unspecified atom stereocenters. The number of rotatable bonds is 7. The minimum absolute atomic E-state index is 0.0281. The molecular formula is C12H18N2O4S. The van der Waals surface area contributed by atoms with Crippen LogP contribution in [0.15, 0.2) is 24.3 Å². The van der Waals surface area contributed by atoms with E-state index in [1.54, 1.807) is 12.1 Å². The number of sulfone groups is 1. The molecule has 0 spiro atoms. The predicted molar refractivity (Wildman–Crippen MR) is 73.8 cm³/mol. The van der Waals surface area contributed by atoms with Gasteiger partial charge in [-0.15, -0.1) is 0 Å². The number of nitro benzene ring substituents is 1. The van der Waals surface area contributed by atoms with Crippen molar-refractivity contribution in [1.82, 2.24) is 5.32 Å². The van der Waals surface area contributed by atoms with E-state index in [1.807, 2.05) is 6.92 Å². The molecule has 0 bridgehead atoms. The van der Waals surface area contributed by atoms with E-state index in [-0.39, 0.29) is 17.5 Å². The van der Waals surface area contributed by atoms with Crippen molar-refractivity contribution in [2.45, 2.75) is 19.4 Å². The summed E-state index contributed by atoms with van der Waals surface area (Å²) in [5.41, 5.74) is 0.998. The number of non-ortho nitro benzene ring substituents is 1. The highest BCUT2D eigenvalue weighted by Crippen LogP contribution is 2.17. The van der Waals surface area contributed by atoms with Crippen molar-refractivity contribution >= 4 is 15.5 Å². The maximum atomic E-state index is 11.0. The molecule has 1 rings (SSSR count). The highest BCUT2D eigenvalue weighted by molar-refractivity contribution is 7.90. The van der Waals surface area contributed by atoms with Crippen molar-refractivity contribution in [2.24, 2.45) is 0 Å². The predicted octanol–water partition coefficient (Wildman–Crippen LogP) is 1.68. The van der Waals surface area contributed by atoms with E-state index in [0.29, 0.717) is 13.0 Å². The molecule has 1 aromatic rings. The Bertz CT molecular complexity index is 525. The standard InChI is InChI=1S/C12H18N2O4S/c1-10(13-8-3-9-19(2,17)18)11-4-6-12(7-5-11)14(15)16/h4-7,10,13H,3,8-9H2,1-2H3. The highest BCUT2D eigenvalue weighted by atomic mass is 32.2. The Morgan fingerprint density at radius 2 is 1.89 bits per heavy atom. The van der Waals surface area contributed by atoms with Gasteiger partial charge >= 0.3 is 0 Å². The zero-order valence-corrected chi connectivity index (χ0v) is 11.8. The van der Waals surface area contributed by atoms with Crippen LogP contribution in [0.5, 0.6) is 0 Å². The maximum absolute atomic E-state index is 11.0. The van der Waals surface area contributed by atoms with Gasteiger partial charge in [-0.2, -0.15) is 0 Å². The first-order valence-corrected chi connectivity index (χ1v) is 8.01. The smallest absolute Gasteiger partial charge is 0.269 e. The van der Waals surface area contributed by atoms with Crippen LogP contribution in [0.4, 0.5) is 5.69 Å². The summed E-state index contributed by atoms with van der Waals surface area (Å²) < 4.78 is 21.9. The fraction of sp³-hybridized carbons (Fsp3) is 0.500. The minimum Gasteiger partial charge on any atom is -0.310 e. The minimum atomic E-state index is -2.92. The number of benzene rings is 1. The number of hydrogen-bond acceptors (Lipinski definition) is 5. The van der Waals surface area contributed by atoms with Crippen molar-refractivity contribution in [3.8, 4) is 0 Å². The Labute approximate surface area is 112 Å². The average molecular weight is 286 g/mol. The summed E-state index contributed by atoms with van der Waals surface area (Å²) in [5, 5.41) is 13.7. The van der Waals surface area contributed by atoms with Gasteiger partial charge in [0.05, 0.1) is 10.7 Å². The molecule has 0 saturated carbocycles. The molecule has 1 aromatic carbocycles. The van der Waals surface area contributed by atoms with Crippen LogP contribution in [0.25, 0.3) is 0 Å². The molecule has 0 aliphatic carbocycles. The van der Waals surface area contributed by atoms with Gasteiger partial charge in [0.1, 0.15) is 9.84 Å². The highest BCUT2D eigenvalue weighted by Gasteiger charge is 2.09. The summed E-state index contributed by atoms with van der Waals surface area (Å²) in [4.78, 5) is 10.1. The van der Waals surface area contributed by atoms with Gasteiger partial charge < -0.3 is 5.32 Å². The van der Waals surface area contributed by atoms with E-state index in [4.69, 9.17) is 0 Å². The van der Waals surface area contributed by atoms with Gasteiger partial charge in [0.15, 0.2) is 0 Å². The van der Waals surface area contributed by atoms with Crippen LogP contribution in [-0.4, -0.2) is 31.9 Å².